The Kier molecular flexibility index (Phi) is 2.90. The van der Waals surface area contributed by atoms with Crippen LogP contribution in [0.5, 0.6) is 0 Å². The molecule has 0 N–H and O–H groups in total. The Morgan fingerprint density at radius 2 is 1.93 bits per heavy atom. The first kappa shape index (κ1) is 9.76. The summed E-state index contributed by atoms with van der Waals surface area (Å²) in [5.74, 6) is 2.95. The van der Waals surface area contributed by atoms with Crippen LogP contribution >= 0.6 is 0 Å². The lowest BCUT2D eigenvalue weighted by Crippen LogP contribution is -2.00. The van der Waals surface area contributed by atoms with Crippen molar-refractivity contribution < 1.29 is 0 Å². The smallest absolute Gasteiger partial charge is 0.0276 e. The minimum atomic E-state index is 0.921. The number of benzene rings is 1. The first-order valence-electron chi connectivity index (χ1n) is 5.81. The Labute approximate surface area is 87.3 Å². The maximum absolute atomic E-state index is 2.41. The molecule has 0 heteroatoms. The van der Waals surface area contributed by atoms with Crippen molar-refractivity contribution in [2.45, 2.75) is 33.1 Å². The highest BCUT2D eigenvalue weighted by atomic mass is 14.4. The summed E-state index contributed by atoms with van der Waals surface area (Å²) < 4.78 is 0. The second-order valence-corrected chi connectivity index (χ2v) is 4.88. The third-order valence-corrected chi connectivity index (χ3v) is 3.63. The maximum Gasteiger partial charge on any atom is -0.0276 e. The van der Waals surface area contributed by atoms with Crippen LogP contribution < -0.4 is 0 Å². The predicted octanol–water partition coefficient (Wildman–Crippen LogP) is 3.91. The first-order valence-corrected chi connectivity index (χ1v) is 5.81. The summed E-state index contributed by atoms with van der Waals surface area (Å²) in [5.41, 5.74) is 1.49. The van der Waals surface area contributed by atoms with Gasteiger partial charge >= 0.3 is 0 Å². The van der Waals surface area contributed by atoms with Gasteiger partial charge in [0.1, 0.15) is 0 Å². The standard InChI is InChI=1S/C14H20/c1-11(14-10-12(14)2)8-9-13-6-4-3-5-7-13/h3-7,11-12,14H,8-10H2,1-2H3. The monoisotopic (exact) mass is 188 g/mol. The fraction of sp³-hybridized carbons (Fsp3) is 0.571. The summed E-state index contributed by atoms with van der Waals surface area (Å²) >= 11 is 0. The Balaban J connectivity index is 1.77. The van der Waals surface area contributed by atoms with Crippen LogP contribution in [-0.2, 0) is 6.42 Å². The third-order valence-electron chi connectivity index (χ3n) is 3.63. The van der Waals surface area contributed by atoms with E-state index in [1.54, 1.807) is 0 Å². The van der Waals surface area contributed by atoms with Crippen LogP contribution in [0.25, 0.3) is 0 Å². The van der Waals surface area contributed by atoms with Gasteiger partial charge in [-0.25, -0.2) is 0 Å². The predicted molar refractivity (Wildman–Crippen MR) is 61.2 cm³/mol. The molecule has 3 unspecified atom stereocenters. The average molecular weight is 188 g/mol. The van der Waals surface area contributed by atoms with Crippen LogP contribution in [0.3, 0.4) is 0 Å². The van der Waals surface area contributed by atoms with E-state index in [0.29, 0.717) is 0 Å². The van der Waals surface area contributed by atoms with E-state index in [-0.39, 0.29) is 0 Å². The molecule has 0 nitrogen and oxygen atoms in total. The van der Waals surface area contributed by atoms with Crippen LogP contribution in [0.4, 0.5) is 0 Å². The lowest BCUT2D eigenvalue weighted by atomic mass is 9.96. The summed E-state index contributed by atoms with van der Waals surface area (Å²) in [4.78, 5) is 0. The fourth-order valence-electron chi connectivity index (χ4n) is 2.40. The molecule has 0 saturated heterocycles. The molecule has 0 amide bonds. The molecule has 0 spiro atoms. The van der Waals surface area contributed by atoms with Crippen molar-refractivity contribution in [3.8, 4) is 0 Å². The van der Waals surface area contributed by atoms with E-state index in [4.69, 9.17) is 0 Å². The molecule has 1 saturated carbocycles. The average Bonchev–Trinajstić information content (AvgIpc) is 2.94. The van der Waals surface area contributed by atoms with Crippen molar-refractivity contribution >= 4 is 0 Å². The van der Waals surface area contributed by atoms with Crippen LogP contribution in [0.15, 0.2) is 30.3 Å². The second-order valence-electron chi connectivity index (χ2n) is 4.88. The van der Waals surface area contributed by atoms with Crippen molar-refractivity contribution in [1.82, 2.24) is 0 Å². The van der Waals surface area contributed by atoms with E-state index in [1.165, 1.54) is 24.8 Å². The van der Waals surface area contributed by atoms with E-state index >= 15 is 0 Å². The normalized spacial score (nSPS) is 27.3. The zero-order valence-corrected chi connectivity index (χ0v) is 9.24. The molecule has 1 aliphatic carbocycles. The molecule has 2 rings (SSSR count). The van der Waals surface area contributed by atoms with Gasteiger partial charge in [0.25, 0.3) is 0 Å². The zero-order valence-electron chi connectivity index (χ0n) is 9.24. The zero-order chi connectivity index (χ0) is 9.97. The lowest BCUT2D eigenvalue weighted by molar-refractivity contribution is 0.449. The molecule has 0 aliphatic heterocycles. The molecule has 0 bridgehead atoms. The van der Waals surface area contributed by atoms with Gasteiger partial charge in [-0.1, -0.05) is 44.2 Å². The van der Waals surface area contributed by atoms with Gasteiger partial charge in [-0.05, 0) is 42.6 Å². The molecule has 0 aromatic heterocycles. The summed E-state index contributed by atoms with van der Waals surface area (Å²) in [7, 11) is 0. The van der Waals surface area contributed by atoms with Gasteiger partial charge in [0.05, 0.1) is 0 Å². The van der Waals surface area contributed by atoms with E-state index in [1.807, 2.05) is 0 Å². The summed E-state index contributed by atoms with van der Waals surface area (Å²) in [5, 5.41) is 0. The van der Waals surface area contributed by atoms with Gasteiger partial charge in [0, 0.05) is 0 Å². The number of rotatable bonds is 4. The molecular weight excluding hydrogens is 168 g/mol. The van der Waals surface area contributed by atoms with Crippen molar-refractivity contribution in [3.63, 3.8) is 0 Å². The van der Waals surface area contributed by atoms with Crippen molar-refractivity contribution in [3.05, 3.63) is 35.9 Å². The van der Waals surface area contributed by atoms with Crippen LogP contribution in [0.2, 0.25) is 0 Å². The topological polar surface area (TPSA) is 0 Å². The molecule has 0 radical (unpaired) electrons. The first-order chi connectivity index (χ1) is 6.77. The SMILES string of the molecule is CC(CCc1ccccc1)C1CC1C. The number of hydrogen-bond acceptors (Lipinski definition) is 0. The fourth-order valence-corrected chi connectivity index (χ4v) is 2.40. The maximum atomic E-state index is 2.41. The third kappa shape index (κ3) is 2.37. The molecular formula is C14H20. The summed E-state index contributed by atoms with van der Waals surface area (Å²) in [6.45, 7) is 4.79. The van der Waals surface area contributed by atoms with Crippen molar-refractivity contribution in [2.75, 3.05) is 0 Å². The molecule has 1 aromatic carbocycles. The minimum absolute atomic E-state index is 0.921. The molecule has 1 fully saturated rings. The van der Waals surface area contributed by atoms with Gasteiger partial charge in [-0.2, -0.15) is 0 Å². The van der Waals surface area contributed by atoms with Gasteiger partial charge in [-0.3, -0.25) is 0 Å². The Morgan fingerprint density at radius 3 is 2.50 bits per heavy atom. The van der Waals surface area contributed by atoms with Gasteiger partial charge in [0.2, 0.25) is 0 Å². The van der Waals surface area contributed by atoms with Gasteiger partial charge in [-0.15, -0.1) is 0 Å². The highest BCUT2D eigenvalue weighted by Crippen LogP contribution is 2.45. The van der Waals surface area contributed by atoms with E-state index in [9.17, 15) is 0 Å². The van der Waals surface area contributed by atoms with E-state index in [0.717, 1.165) is 17.8 Å². The summed E-state index contributed by atoms with van der Waals surface area (Å²) in [6, 6.07) is 10.8. The Hall–Kier alpha value is -0.780. The Morgan fingerprint density at radius 1 is 1.29 bits per heavy atom. The molecule has 3 atom stereocenters. The molecule has 1 aliphatic rings. The van der Waals surface area contributed by atoms with Crippen molar-refractivity contribution in [2.24, 2.45) is 17.8 Å². The highest BCUT2D eigenvalue weighted by molar-refractivity contribution is 5.14. The highest BCUT2D eigenvalue weighted by Gasteiger charge is 2.36. The van der Waals surface area contributed by atoms with Crippen LogP contribution in [0, 0.1) is 17.8 Å². The lowest BCUT2D eigenvalue weighted by Gasteiger charge is -2.09. The Bertz CT molecular complexity index is 275. The van der Waals surface area contributed by atoms with Crippen LogP contribution in [-0.4, -0.2) is 0 Å². The van der Waals surface area contributed by atoms with E-state index in [2.05, 4.69) is 44.2 Å². The van der Waals surface area contributed by atoms with Gasteiger partial charge < -0.3 is 0 Å². The van der Waals surface area contributed by atoms with Crippen LogP contribution in [0.1, 0.15) is 32.3 Å². The molecule has 0 heterocycles. The van der Waals surface area contributed by atoms with E-state index < -0.39 is 0 Å². The second kappa shape index (κ2) is 4.16. The molecule has 14 heavy (non-hydrogen) atoms. The number of hydrogen-bond donors (Lipinski definition) is 0. The number of aryl methyl sites for hydroxylation is 1. The quantitative estimate of drug-likeness (QED) is 0.672. The molecule has 76 valence electrons. The molecule has 1 aromatic rings. The van der Waals surface area contributed by atoms with Crippen molar-refractivity contribution in [1.29, 1.82) is 0 Å². The largest absolute Gasteiger partial charge is 0.0622 e. The van der Waals surface area contributed by atoms with Gasteiger partial charge in [0.15, 0.2) is 0 Å². The minimum Gasteiger partial charge on any atom is -0.0622 e. The summed E-state index contributed by atoms with van der Waals surface area (Å²) in [6.07, 6.45) is 4.08.